The first-order chi connectivity index (χ1) is 12.5. The molecule has 0 atom stereocenters. The fourth-order valence-electron chi connectivity index (χ4n) is 3.09. The van der Waals surface area contributed by atoms with Crippen LogP contribution in [0.5, 0.6) is 0 Å². The van der Waals surface area contributed by atoms with Gasteiger partial charge in [-0.3, -0.25) is 4.90 Å². The molecule has 0 unspecified atom stereocenters. The van der Waals surface area contributed by atoms with E-state index in [1.54, 1.807) is 12.1 Å². The van der Waals surface area contributed by atoms with Crippen molar-refractivity contribution in [1.29, 1.82) is 0 Å². The standard InChI is InChI=1S/C19H24FN3O2S/c20-18-6-8-19(9-7-18)23-14-12-22(13-15-23)11-10-21-26(24,25)16-17-4-2-1-3-5-17/h1-9,21H,10-16H2. The summed E-state index contributed by atoms with van der Waals surface area (Å²) in [5.74, 6) is -0.221. The second-order valence-corrected chi connectivity index (χ2v) is 8.25. The van der Waals surface area contributed by atoms with Crippen LogP contribution in [0.25, 0.3) is 0 Å². The topological polar surface area (TPSA) is 52.7 Å². The van der Waals surface area contributed by atoms with E-state index in [-0.39, 0.29) is 11.6 Å². The Balaban J connectivity index is 1.40. The largest absolute Gasteiger partial charge is 0.369 e. The monoisotopic (exact) mass is 377 g/mol. The molecule has 0 amide bonds. The molecular weight excluding hydrogens is 353 g/mol. The molecule has 0 saturated carbocycles. The minimum absolute atomic E-state index is 0.00614. The van der Waals surface area contributed by atoms with Crippen LogP contribution in [0.2, 0.25) is 0 Å². The third-order valence-corrected chi connectivity index (χ3v) is 5.87. The van der Waals surface area contributed by atoms with Gasteiger partial charge in [-0.1, -0.05) is 30.3 Å². The van der Waals surface area contributed by atoms with Crippen LogP contribution in [0.4, 0.5) is 10.1 Å². The summed E-state index contributed by atoms with van der Waals surface area (Å²) in [7, 11) is -3.32. The van der Waals surface area contributed by atoms with E-state index in [0.29, 0.717) is 13.1 Å². The number of halogens is 1. The van der Waals surface area contributed by atoms with Gasteiger partial charge in [-0.15, -0.1) is 0 Å². The fourth-order valence-corrected chi connectivity index (χ4v) is 4.22. The Morgan fingerprint density at radius 3 is 2.23 bits per heavy atom. The van der Waals surface area contributed by atoms with Crippen LogP contribution in [0.15, 0.2) is 54.6 Å². The van der Waals surface area contributed by atoms with Crippen molar-refractivity contribution in [2.45, 2.75) is 5.75 Å². The lowest BCUT2D eigenvalue weighted by Crippen LogP contribution is -2.48. The Bertz CT molecular complexity index is 789. The molecule has 0 aromatic heterocycles. The maximum atomic E-state index is 13.0. The number of nitrogens with zero attached hydrogens (tertiary/aromatic N) is 2. The summed E-state index contributed by atoms with van der Waals surface area (Å²) in [5.41, 5.74) is 1.81. The van der Waals surface area contributed by atoms with E-state index in [2.05, 4.69) is 14.5 Å². The molecule has 0 aliphatic carbocycles. The molecule has 5 nitrogen and oxygen atoms in total. The van der Waals surface area contributed by atoms with Crippen molar-refractivity contribution in [2.24, 2.45) is 0 Å². The van der Waals surface area contributed by atoms with Crippen molar-refractivity contribution in [3.05, 3.63) is 66.0 Å². The zero-order valence-electron chi connectivity index (χ0n) is 14.6. The number of piperazine rings is 1. The summed E-state index contributed by atoms with van der Waals surface area (Å²) in [4.78, 5) is 4.46. The van der Waals surface area contributed by atoms with Crippen molar-refractivity contribution in [3.63, 3.8) is 0 Å². The van der Waals surface area contributed by atoms with E-state index in [4.69, 9.17) is 0 Å². The van der Waals surface area contributed by atoms with Gasteiger partial charge in [0.05, 0.1) is 5.75 Å². The number of nitrogens with one attached hydrogen (secondary N) is 1. The third kappa shape index (κ3) is 5.52. The highest BCUT2D eigenvalue weighted by molar-refractivity contribution is 7.88. The van der Waals surface area contributed by atoms with Crippen LogP contribution in [0, 0.1) is 5.82 Å². The minimum atomic E-state index is -3.32. The number of hydrogen-bond donors (Lipinski definition) is 1. The smallest absolute Gasteiger partial charge is 0.215 e. The SMILES string of the molecule is O=S(=O)(Cc1ccccc1)NCCN1CCN(c2ccc(F)cc2)CC1. The Labute approximate surface area is 154 Å². The average molecular weight is 377 g/mol. The molecule has 26 heavy (non-hydrogen) atoms. The molecule has 0 bridgehead atoms. The number of sulfonamides is 1. The lowest BCUT2D eigenvalue weighted by atomic mass is 10.2. The van der Waals surface area contributed by atoms with Crippen molar-refractivity contribution < 1.29 is 12.8 Å². The van der Waals surface area contributed by atoms with Gasteiger partial charge in [-0.2, -0.15) is 0 Å². The summed E-state index contributed by atoms with van der Waals surface area (Å²) in [6, 6.07) is 15.7. The van der Waals surface area contributed by atoms with Crippen molar-refractivity contribution in [1.82, 2.24) is 9.62 Å². The molecule has 1 saturated heterocycles. The van der Waals surface area contributed by atoms with Gasteiger partial charge in [0.25, 0.3) is 0 Å². The molecule has 3 rings (SSSR count). The first-order valence-electron chi connectivity index (χ1n) is 8.76. The lowest BCUT2D eigenvalue weighted by Gasteiger charge is -2.36. The zero-order valence-corrected chi connectivity index (χ0v) is 15.5. The van der Waals surface area contributed by atoms with Crippen molar-refractivity contribution >= 4 is 15.7 Å². The predicted octanol–water partition coefficient (Wildman–Crippen LogP) is 2.07. The van der Waals surface area contributed by atoms with Gasteiger partial charge in [0.1, 0.15) is 5.82 Å². The van der Waals surface area contributed by atoms with Crippen LogP contribution in [-0.2, 0) is 15.8 Å². The lowest BCUT2D eigenvalue weighted by molar-refractivity contribution is 0.262. The molecule has 0 radical (unpaired) electrons. The molecule has 2 aromatic rings. The highest BCUT2D eigenvalue weighted by Crippen LogP contribution is 2.16. The molecule has 1 fully saturated rings. The highest BCUT2D eigenvalue weighted by Gasteiger charge is 2.18. The summed E-state index contributed by atoms with van der Waals surface area (Å²) < 4.78 is 40.0. The maximum Gasteiger partial charge on any atom is 0.215 e. The number of anilines is 1. The number of benzene rings is 2. The number of rotatable bonds is 7. The molecule has 1 heterocycles. The average Bonchev–Trinajstić information content (AvgIpc) is 2.63. The van der Waals surface area contributed by atoms with Gasteiger partial charge >= 0.3 is 0 Å². The van der Waals surface area contributed by atoms with E-state index < -0.39 is 10.0 Å². The molecule has 1 N–H and O–H groups in total. The van der Waals surface area contributed by atoms with Crippen LogP contribution < -0.4 is 9.62 Å². The summed E-state index contributed by atoms with van der Waals surface area (Å²) >= 11 is 0. The van der Waals surface area contributed by atoms with E-state index in [1.165, 1.54) is 12.1 Å². The van der Waals surface area contributed by atoms with Crippen LogP contribution in [-0.4, -0.2) is 52.6 Å². The predicted molar refractivity (Wildman–Crippen MR) is 102 cm³/mol. The fraction of sp³-hybridized carbons (Fsp3) is 0.368. The summed E-state index contributed by atoms with van der Waals surface area (Å²) in [5, 5.41) is 0. The van der Waals surface area contributed by atoms with Gasteiger partial charge in [0.15, 0.2) is 0 Å². The number of hydrogen-bond acceptors (Lipinski definition) is 4. The van der Waals surface area contributed by atoms with E-state index in [9.17, 15) is 12.8 Å². The normalized spacial score (nSPS) is 16.0. The third-order valence-electron chi connectivity index (χ3n) is 4.51. The zero-order chi connectivity index (χ0) is 18.4. The Kier molecular flexibility index (Phi) is 6.24. The Morgan fingerprint density at radius 1 is 0.923 bits per heavy atom. The van der Waals surface area contributed by atoms with Gasteiger partial charge < -0.3 is 4.90 Å². The molecular formula is C19H24FN3O2S. The van der Waals surface area contributed by atoms with Crippen LogP contribution in [0.1, 0.15) is 5.56 Å². The first kappa shape index (κ1) is 18.8. The maximum absolute atomic E-state index is 13.0. The second kappa shape index (κ2) is 8.62. The van der Waals surface area contributed by atoms with E-state index in [0.717, 1.165) is 37.4 Å². The van der Waals surface area contributed by atoms with Gasteiger partial charge in [0, 0.05) is 45.0 Å². The van der Waals surface area contributed by atoms with Gasteiger partial charge in [0.2, 0.25) is 10.0 Å². The van der Waals surface area contributed by atoms with Crippen LogP contribution >= 0.6 is 0 Å². The summed E-state index contributed by atoms with van der Waals surface area (Å²) in [6.45, 7) is 4.51. The van der Waals surface area contributed by atoms with Crippen molar-refractivity contribution in [2.75, 3.05) is 44.2 Å². The van der Waals surface area contributed by atoms with Gasteiger partial charge in [-0.05, 0) is 29.8 Å². The molecule has 0 spiro atoms. The van der Waals surface area contributed by atoms with Crippen molar-refractivity contribution in [3.8, 4) is 0 Å². The molecule has 7 heteroatoms. The Morgan fingerprint density at radius 2 is 1.58 bits per heavy atom. The van der Waals surface area contributed by atoms with E-state index >= 15 is 0 Å². The minimum Gasteiger partial charge on any atom is -0.369 e. The molecule has 1 aliphatic heterocycles. The first-order valence-corrected chi connectivity index (χ1v) is 10.4. The van der Waals surface area contributed by atoms with E-state index in [1.807, 2.05) is 30.3 Å². The molecule has 1 aliphatic rings. The quantitative estimate of drug-likeness (QED) is 0.803. The molecule has 2 aromatic carbocycles. The van der Waals surface area contributed by atoms with Crippen LogP contribution in [0.3, 0.4) is 0 Å². The van der Waals surface area contributed by atoms with Gasteiger partial charge in [-0.25, -0.2) is 17.5 Å². The molecule has 140 valence electrons. The summed E-state index contributed by atoms with van der Waals surface area (Å²) in [6.07, 6.45) is 0. The second-order valence-electron chi connectivity index (χ2n) is 6.44. The highest BCUT2D eigenvalue weighted by atomic mass is 32.2. The Hall–Kier alpha value is -1.96.